The molecule has 2 nitrogen and oxygen atoms in total. The molecule has 0 bridgehead atoms. The van der Waals surface area contributed by atoms with Gasteiger partial charge < -0.3 is 5.32 Å². The zero-order valence-electron chi connectivity index (χ0n) is 13.6. The third-order valence-electron chi connectivity index (χ3n) is 4.18. The fraction of sp³-hybridized carbons (Fsp3) is 0.647. The third-order valence-corrected chi connectivity index (χ3v) is 4.18. The summed E-state index contributed by atoms with van der Waals surface area (Å²) in [6.45, 7) is 13.4. The Hall–Kier alpha value is -1.00. The highest BCUT2D eigenvalue weighted by molar-refractivity contribution is 5.18. The zero-order chi connectivity index (χ0) is 15.8. The molecule has 1 aromatic rings. The fourth-order valence-electron chi connectivity index (χ4n) is 3.07. The van der Waals surface area contributed by atoms with E-state index in [2.05, 4.69) is 44.8 Å². The minimum absolute atomic E-state index is 0.0281. The lowest BCUT2D eigenvalue weighted by Gasteiger charge is -2.49. The van der Waals surface area contributed by atoms with Crippen LogP contribution in [0.2, 0.25) is 0 Å². The number of benzene rings is 1. The summed E-state index contributed by atoms with van der Waals surface area (Å²) in [7, 11) is 0. The first-order valence-corrected chi connectivity index (χ1v) is 7.51. The van der Waals surface area contributed by atoms with Crippen molar-refractivity contribution in [1.29, 1.82) is 0 Å². The summed E-state index contributed by atoms with van der Waals surface area (Å²) in [5.74, 6) is -1.55. The van der Waals surface area contributed by atoms with Gasteiger partial charge in [-0.1, -0.05) is 26.8 Å². The van der Waals surface area contributed by atoms with Crippen molar-refractivity contribution >= 4 is 0 Å². The predicted molar refractivity (Wildman–Crippen MR) is 82.1 cm³/mol. The molecule has 0 saturated carbocycles. The lowest BCUT2D eigenvalue weighted by Crippen LogP contribution is -2.64. The molecule has 1 aromatic carbocycles. The molecule has 1 atom stereocenters. The highest BCUT2D eigenvalue weighted by atomic mass is 19.2. The van der Waals surface area contributed by atoms with E-state index < -0.39 is 11.6 Å². The second-order valence-electron chi connectivity index (χ2n) is 7.80. The summed E-state index contributed by atoms with van der Waals surface area (Å²) in [5, 5.41) is 3.58. The van der Waals surface area contributed by atoms with Gasteiger partial charge in [0.2, 0.25) is 0 Å². The lowest BCUT2D eigenvalue weighted by atomic mass is 9.82. The molecule has 0 spiro atoms. The molecule has 2 rings (SSSR count). The van der Waals surface area contributed by atoms with Gasteiger partial charge in [-0.3, -0.25) is 4.90 Å². The topological polar surface area (TPSA) is 15.3 Å². The first-order chi connectivity index (χ1) is 9.58. The molecule has 1 N–H and O–H groups in total. The maximum atomic E-state index is 13.4. The van der Waals surface area contributed by atoms with Crippen LogP contribution in [0.15, 0.2) is 18.2 Å². The quantitative estimate of drug-likeness (QED) is 0.897. The highest BCUT2D eigenvalue weighted by Gasteiger charge is 2.38. The van der Waals surface area contributed by atoms with Crippen LogP contribution in [0, 0.1) is 17.0 Å². The van der Waals surface area contributed by atoms with Crippen molar-refractivity contribution < 1.29 is 8.78 Å². The summed E-state index contributed by atoms with van der Waals surface area (Å²) >= 11 is 0. The second kappa shape index (κ2) is 5.65. The van der Waals surface area contributed by atoms with Gasteiger partial charge in [-0.2, -0.15) is 0 Å². The molecular formula is C17H26F2N2. The Morgan fingerprint density at radius 2 is 1.90 bits per heavy atom. The van der Waals surface area contributed by atoms with E-state index in [9.17, 15) is 8.78 Å². The molecule has 1 fully saturated rings. The Morgan fingerprint density at radius 3 is 2.48 bits per heavy atom. The average molecular weight is 296 g/mol. The van der Waals surface area contributed by atoms with Crippen LogP contribution in [0.4, 0.5) is 8.78 Å². The minimum Gasteiger partial charge on any atom is -0.309 e. The van der Waals surface area contributed by atoms with Crippen molar-refractivity contribution in [3.05, 3.63) is 35.4 Å². The molecule has 118 valence electrons. The number of rotatable bonds is 2. The van der Waals surface area contributed by atoms with E-state index in [1.54, 1.807) is 6.07 Å². The van der Waals surface area contributed by atoms with Crippen LogP contribution in [-0.2, 0) is 6.54 Å². The molecule has 0 aromatic heterocycles. The first-order valence-electron chi connectivity index (χ1n) is 7.51. The summed E-state index contributed by atoms with van der Waals surface area (Å²) in [6.07, 6.45) is 0. The van der Waals surface area contributed by atoms with Gasteiger partial charge in [-0.15, -0.1) is 0 Å². The molecule has 0 amide bonds. The van der Waals surface area contributed by atoms with Crippen molar-refractivity contribution in [2.24, 2.45) is 5.41 Å². The zero-order valence-corrected chi connectivity index (χ0v) is 13.6. The number of hydrogen-bond acceptors (Lipinski definition) is 2. The second-order valence-corrected chi connectivity index (χ2v) is 7.80. The van der Waals surface area contributed by atoms with Crippen LogP contribution in [0.25, 0.3) is 0 Å². The van der Waals surface area contributed by atoms with Crippen LogP contribution in [0.1, 0.15) is 40.2 Å². The van der Waals surface area contributed by atoms with E-state index >= 15 is 0 Å². The van der Waals surface area contributed by atoms with Crippen molar-refractivity contribution in [2.75, 3.05) is 13.1 Å². The Kier molecular flexibility index (Phi) is 4.41. The standard InChI is InChI=1S/C17H26F2N2/c1-16(2,3)15-9-20-17(4,5)11-21(15)10-12-6-7-13(18)14(19)8-12/h6-8,15,20H,9-11H2,1-5H3. The molecule has 1 aliphatic heterocycles. The fourth-order valence-corrected chi connectivity index (χ4v) is 3.07. The van der Waals surface area contributed by atoms with Gasteiger partial charge in [0.05, 0.1) is 0 Å². The Labute approximate surface area is 126 Å². The van der Waals surface area contributed by atoms with Gasteiger partial charge in [0.25, 0.3) is 0 Å². The molecular weight excluding hydrogens is 270 g/mol. The van der Waals surface area contributed by atoms with Crippen LogP contribution in [0.5, 0.6) is 0 Å². The monoisotopic (exact) mass is 296 g/mol. The molecule has 1 unspecified atom stereocenters. The van der Waals surface area contributed by atoms with Gasteiger partial charge >= 0.3 is 0 Å². The van der Waals surface area contributed by atoms with Gasteiger partial charge in [-0.25, -0.2) is 8.78 Å². The van der Waals surface area contributed by atoms with Crippen molar-refractivity contribution in [3.8, 4) is 0 Å². The summed E-state index contributed by atoms with van der Waals surface area (Å²) in [5.41, 5.74) is 0.975. The lowest BCUT2D eigenvalue weighted by molar-refractivity contribution is 0.0271. The van der Waals surface area contributed by atoms with Crippen molar-refractivity contribution in [1.82, 2.24) is 10.2 Å². The van der Waals surface area contributed by atoms with Crippen molar-refractivity contribution in [2.45, 2.75) is 52.7 Å². The summed E-state index contributed by atoms with van der Waals surface area (Å²) in [6, 6.07) is 4.56. The van der Waals surface area contributed by atoms with E-state index in [0.717, 1.165) is 18.7 Å². The number of hydrogen-bond donors (Lipinski definition) is 1. The SMILES string of the molecule is CC1(C)CN(Cc2ccc(F)c(F)c2)C(C(C)(C)C)CN1. The number of halogens is 2. The summed E-state index contributed by atoms with van der Waals surface area (Å²) in [4.78, 5) is 2.38. The minimum atomic E-state index is -0.785. The molecule has 21 heavy (non-hydrogen) atoms. The van der Waals surface area contributed by atoms with E-state index in [-0.39, 0.29) is 11.0 Å². The molecule has 4 heteroatoms. The van der Waals surface area contributed by atoms with Crippen LogP contribution in [-0.4, -0.2) is 29.6 Å². The highest BCUT2D eigenvalue weighted by Crippen LogP contribution is 2.30. The normalized spacial score (nSPS) is 23.3. The van der Waals surface area contributed by atoms with Crippen molar-refractivity contribution in [3.63, 3.8) is 0 Å². The predicted octanol–water partition coefficient (Wildman–Crippen LogP) is 3.56. The van der Waals surface area contributed by atoms with E-state index in [1.807, 2.05) is 0 Å². The molecule has 1 aliphatic rings. The van der Waals surface area contributed by atoms with Gasteiger partial charge in [-0.05, 0) is 37.0 Å². The molecule has 1 heterocycles. The third kappa shape index (κ3) is 4.01. The van der Waals surface area contributed by atoms with Gasteiger partial charge in [0, 0.05) is 31.2 Å². The first kappa shape index (κ1) is 16.4. The number of piperazine rings is 1. The molecule has 1 saturated heterocycles. The Morgan fingerprint density at radius 1 is 1.24 bits per heavy atom. The van der Waals surface area contributed by atoms with Crippen LogP contribution in [0.3, 0.4) is 0 Å². The Balaban J connectivity index is 2.21. The maximum Gasteiger partial charge on any atom is 0.159 e. The van der Waals surface area contributed by atoms with Crippen LogP contribution >= 0.6 is 0 Å². The smallest absolute Gasteiger partial charge is 0.159 e. The van der Waals surface area contributed by atoms with E-state index in [4.69, 9.17) is 0 Å². The van der Waals surface area contributed by atoms with Gasteiger partial charge in [0.1, 0.15) is 0 Å². The largest absolute Gasteiger partial charge is 0.309 e. The van der Waals surface area contributed by atoms with Crippen LogP contribution < -0.4 is 5.32 Å². The molecule has 0 aliphatic carbocycles. The number of nitrogens with zero attached hydrogens (tertiary/aromatic N) is 1. The number of nitrogens with one attached hydrogen (secondary N) is 1. The van der Waals surface area contributed by atoms with Gasteiger partial charge in [0.15, 0.2) is 11.6 Å². The van der Waals surface area contributed by atoms with E-state index in [0.29, 0.717) is 12.6 Å². The van der Waals surface area contributed by atoms with E-state index in [1.165, 1.54) is 12.1 Å². The molecule has 0 radical (unpaired) electrons. The average Bonchev–Trinajstić information content (AvgIpc) is 2.31. The Bertz CT molecular complexity index is 506. The maximum absolute atomic E-state index is 13.4. The summed E-state index contributed by atoms with van der Waals surface area (Å²) < 4.78 is 26.5.